The first kappa shape index (κ1) is 16.0. The molecule has 23 heavy (non-hydrogen) atoms. The van der Waals surface area contributed by atoms with Gasteiger partial charge in [-0.3, -0.25) is 14.4 Å². The van der Waals surface area contributed by atoms with Crippen LogP contribution >= 0.6 is 0 Å². The maximum atomic E-state index is 13.1. The summed E-state index contributed by atoms with van der Waals surface area (Å²) in [4.78, 5) is 26.9. The fourth-order valence-electron chi connectivity index (χ4n) is 4.01. The number of hydrogen-bond donors (Lipinski definition) is 1. The monoisotopic (exact) mass is 318 g/mol. The topological polar surface area (TPSA) is 67.2 Å². The molecule has 1 aromatic heterocycles. The molecule has 6 nitrogen and oxygen atoms in total. The molecule has 126 valence electrons. The molecule has 6 heteroatoms. The number of carbonyl (C=O) groups is 2. The number of nitrogens with one attached hydrogen (secondary N) is 1. The summed E-state index contributed by atoms with van der Waals surface area (Å²) in [6.07, 6.45) is 4.96. The van der Waals surface area contributed by atoms with Gasteiger partial charge < -0.3 is 5.32 Å². The van der Waals surface area contributed by atoms with Crippen LogP contribution in [0.2, 0.25) is 0 Å². The zero-order chi connectivity index (χ0) is 16.8. The summed E-state index contributed by atoms with van der Waals surface area (Å²) < 4.78 is 1.84. The lowest BCUT2D eigenvalue weighted by atomic mass is 9.67. The molecule has 1 aliphatic carbocycles. The summed E-state index contributed by atoms with van der Waals surface area (Å²) in [5.41, 5.74) is 0.0195. The van der Waals surface area contributed by atoms with Gasteiger partial charge in [0.25, 0.3) is 5.91 Å². The van der Waals surface area contributed by atoms with Gasteiger partial charge in [-0.1, -0.05) is 20.3 Å². The predicted octanol–water partition coefficient (Wildman–Crippen LogP) is 2.71. The molecule has 3 amide bonds. The van der Waals surface area contributed by atoms with Crippen molar-refractivity contribution >= 4 is 11.9 Å². The molecule has 1 aromatic rings. The van der Waals surface area contributed by atoms with Crippen molar-refractivity contribution in [1.29, 1.82) is 0 Å². The van der Waals surface area contributed by atoms with Gasteiger partial charge in [0.1, 0.15) is 5.54 Å². The van der Waals surface area contributed by atoms with Crippen LogP contribution in [0.3, 0.4) is 0 Å². The van der Waals surface area contributed by atoms with E-state index in [2.05, 4.69) is 24.3 Å². The van der Waals surface area contributed by atoms with Crippen molar-refractivity contribution < 1.29 is 9.59 Å². The Hall–Kier alpha value is -1.85. The summed E-state index contributed by atoms with van der Waals surface area (Å²) in [5.74, 6) is 0.253. The van der Waals surface area contributed by atoms with Gasteiger partial charge in [-0.25, -0.2) is 4.79 Å². The van der Waals surface area contributed by atoms with Gasteiger partial charge in [0.05, 0.1) is 12.2 Å². The van der Waals surface area contributed by atoms with Crippen LogP contribution < -0.4 is 5.32 Å². The Morgan fingerprint density at radius 2 is 1.96 bits per heavy atom. The van der Waals surface area contributed by atoms with Crippen LogP contribution in [0, 0.1) is 11.8 Å². The molecule has 3 rings (SSSR count). The highest BCUT2D eigenvalue weighted by Gasteiger charge is 2.58. The highest BCUT2D eigenvalue weighted by Crippen LogP contribution is 2.42. The average Bonchev–Trinajstić information content (AvgIpc) is 3.05. The van der Waals surface area contributed by atoms with E-state index in [0.29, 0.717) is 0 Å². The third-order valence-corrected chi connectivity index (χ3v) is 5.50. The van der Waals surface area contributed by atoms with Gasteiger partial charge in [0.15, 0.2) is 0 Å². The van der Waals surface area contributed by atoms with E-state index in [0.717, 1.165) is 25.0 Å². The van der Waals surface area contributed by atoms with Crippen LogP contribution in [0.15, 0.2) is 12.3 Å². The smallest absolute Gasteiger partial charge is 0.323 e. The van der Waals surface area contributed by atoms with Crippen molar-refractivity contribution in [3.8, 4) is 0 Å². The van der Waals surface area contributed by atoms with E-state index in [1.54, 1.807) is 0 Å². The second-order valence-corrected chi connectivity index (χ2v) is 7.30. The number of amides is 3. The summed E-state index contributed by atoms with van der Waals surface area (Å²) in [6, 6.07) is 1.85. The second kappa shape index (κ2) is 5.65. The fraction of sp³-hybridized carbons (Fsp3) is 0.706. The standard InChI is InChI=1S/C17H26N4O2/c1-11(2)21-9-8-14(19-21)10-20-15(22)17(18-16(20)23)12(3)6-5-7-13(17)4/h8-9,11-13H,5-7,10H2,1-4H3,(H,18,23)/t12-,13-/m1/s1. The van der Waals surface area contributed by atoms with E-state index in [-0.39, 0.29) is 36.4 Å². The molecule has 2 atom stereocenters. The van der Waals surface area contributed by atoms with Crippen LogP contribution in [0.25, 0.3) is 0 Å². The molecular formula is C17H26N4O2. The third-order valence-electron chi connectivity index (χ3n) is 5.50. The molecule has 0 aromatic carbocycles. The summed E-state index contributed by atoms with van der Waals surface area (Å²) in [6.45, 7) is 8.48. The Labute approximate surface area is 137 Å². The van der Waals surface area contributed by atoms with E-state index in [4.69, 9.17) is 0 Å². The number of urea groups is 1. The van der Waals surface area contributed by atoms with Crippen molar-refractivity contribution in [2.45, 2.75) is 65.1 Å². The maximum Gasteiger partial charge on any atom is 0.325 e. The number of aromatic nitrogens is 2. The Kier molecular flexibility index (Phi) is 3.94. The molecule has 0 radical (unpaired) electrons. The molecule has 1 N–H and O–H groups in total. The third kappa shape index (κ3) is 2.44. The summed E-state index contributed by atoms with van der Waals surface area (Å²) in [5, 5.41) is 7.48. The van der Waals surface area contributed by atoms with Crippen molar-refractivity contribution in [1.82, 2.24) is 20.0 Å². The van der Waals surface area contributed by atoms with Gasteiger partial charge >= 0.3 is 6.03 Å². The van der Waals surface area contributed by atoms with Crippen LogP contribution in [-0.2, 0) is 11.3 Å². The SMILES string of the molecule is CC(C)n1ccc(CN2C(=O)NC3(C2=O)[C@H](C)CCC[C@H]3C)n1. The molecule has 2 heterocycles. The van der Waals surface area contributed by atoms with E-state index in [9.17, 15) is 9.59 Å². The van der Waals surface area contributed by atoms with Crippen LogP contribution in [0.1, 0.15) is 58.7 Å². The quantitative estimate of drug-likeness (QED) is 0.871. The molecule has 1 saturated heterocycles. The zero-order valence-electron chi connectivity index (χ0n) is 14.4. The first-order chi connectivity index (χ1) is 10.9. The van der Waals surface area contributed by atoms with Crippen LogP contribution in [-0.4, -0.2) is 32.2 Å². The predicted molar refractivity (Wildman–Crippen MR) is 86.6 cm³/mol. The molecule has 2 fully saturated rings. The molecule has 0 unspecified atom stereocenters. The van der Waals surface area contributed by atoms with Gasteiger partial charge in [-0.2, -0.15) is 5.10 Å². The van der Waals surface area contributed by atoms with Gasteiger partial charge in [-0.15, -0.1) is 0 Å². The minimum atomic E-state index is -0.726. The fourth-order valence-corrected chi connectivity index (χ4v) is 4.01. The van der Waals surface area contributed by atoms with E-state index in [1.165, 1.54) is 4.90 Å². The maximum absolute atomic E-state index is 13.1. The number of imide groups is 1. The van der Waals surface area contributed by atoms with Crippen molar-refractivity contribution in [2.75, 3.05) is 0 Å². The minimum Gasteiger partial charge on any atom is -0.323 e. The lowest BCUT2D eigenvalue weighted by Gasteiger charge is -2.42. The van der Waals surface area contributed by atoms with E-state index < -0.39 is 5.54 Å². The molecule has 1 aliphatic heterocycles. The average molecular weight is 318 g/mol. The normalized spacial score (nSPS) is 27.1. The Morgan fingerprint density at radius 3 is 2.52 bits per heavy atom. The summed E-state index contributed by atoms with van der Waals surface area (Å²) in [7, 11) is 0. The first-order valence-corrected chi connectivity index (χ1v) is 8.54. The van der Waals surface area contributed by atoms with E-state index in [1.807, 2.05) is 30.8 Å². The van der Waals surface area contributed by atoms with Crippen molar-refractivity contribution in [3.05, 3.63) is 18.0 Å². The Bertz CT molecular complexity index is 612. The van der Waals surface area contributed by atoms with Gasteiger partial charge in [0.2, 0.25) is 0 Å². The highest BCUT2D eigenvalue weighted by molar-refractivity contribution is 6.07. The minimum absolute atomic E-state index is 0.0821. The Morgan fingerprint density at radius 1 is 1.30 bits per heavy atom. The lowest BCUT2D eigenvalue weighted by molar-refractivity contribution is -0.137. The van der Waals surface area contributed by atoms with Crippen molar-refractivity contribution in [2.24, 2.45) is 11.8 Å². The molecular weight excluding hydrogens is 292 g/mol. The Balaban J connectivity index is 1.83. The first-order valence-electron chi connectivity index (χ1n) is 8.54. The van der Waals surface area contributed by atoms with Crippen LogP contribution in [0.5, 0.6) is 0 Å². The zero-order valence-corrected chi connectivity index (χ0v) is 14.4. The number of rotatable bonds is 3. The number of nitrogens with zero attached hydrogens (tertiary/aromatic N) is 3. The second-order valence-electron chi connectivity index (χ2n) is 7.30. The van der Waals surface area contributed by atoms with Crippen LogP contribution in [0.4, 0.5) is 4.79 Å². The molecule has 1 spiro atoms. The number of carbonyl (C=O) groups excluding carboxylic acids is 2. The molecule has 2 aliphatic rings. The van der Waals surface area contributed by atoms with E-state index >= 15 is 0 Å². The highest BCUT2D eigenvalue weighted by atomic mass is 16.2. The van der Waals surface area contributed by atoms with Crippen molar-refractivity contribution in [3.63, 3.8) is 0 Å². The molecule has 0 bridgehead atoms. The number of hydrogen-bond acceptors (Lipinski definition) is 3. The lowest BCUT2D eigenvalue weighted by Crippen LogP contribution is -2.58. The summed E-state index contributed by atoms with van der Waals surface area (Å²) >= 11 is 0. The van der Waals surface area contributed by atoms with Gasteiger partial charge in [-0.05, 0) is 44.6 Å². The molecule has 1 saturated carbocycles. The largest absolute Gasteiger partial charge is 0.325 e. The van der Waals surface area contributed by atoms with Gasteiger partial charge in [0, 0.05) is 12.2 Å².